The van der Waals surface area contributed by atoms with Gasteiger partial charge >= 0.3 is 0 Å². The Morgan fingerprint density at radius 2 is 2.07 bits per heavy atom. The Morgan fingerprint density at radius 1 is 1.33 bits per heavy atom. The monoisotopic (exact) mass is 429 g/mol. The smallest absolute Gasteiger partial charge is 0.223 e. The van der Waals surface area contributed by atoms with Crippen LogP contribution >= 0.6 is 11.6 Å². The fourth-order valence-corrected chi connectivity index (χ4v) is 4.00. The molecule has 1 aromatic carbocycles. The zero-order valence-electron chi connectivity index (χ0n) is 18.7. The van der Waals surface area contributed by atoms with Crippen LogP contribution in [0.2, 0.25) is 5.02 Å². The van der Waals surface area contributed by atoms with Crippen molar-refractivity contribution >= 4 is 23.2 Å². The summed E-state index contributed by atoms with van der Waals surface area (Å²) in [6.07, 6.45) is 1.54. The predicted octanol–water partition coefficient (Wildman–Crippen LogP) is 4.81. The number of nitrogens with one attached hydrogen (secondary N) is 2. The number of H-pyrrole nitrogens is 1. The van der Waals surface area contributed by atoms with Gasteiger partial charge in [0.1, 0.15) is 5.02 Å². The van der Waals surface area contributed by atoms with Crippen LogP contribution in [0.25, 0.3) is 5.65 Å². The molecule has 0 spiro atoms. The first-order valence-electron chi connectivity index (χ1n) is 10.6. The van der Waals surface area contributed by atoms with E-state index in [0.29, 0.717) is 23.0 Å². The lowest BCUT2D eigenvalue weighted by molar-refractivity contribution is -0.125. The third kappa shape index (κ3) is 4.86. The molecule has 2 unspecified atom stereocenters. The van der Waals surface area contributed by atoms with Crippen LogP contribution in [0.1, 0.15) is 69.6 Å². The number of aryl methyl sites for hydroxylation is 1. The molecule has 30 heavy (non-hydrogen) atoms. The van der Waals surface area contributed by atoms with Crippen LogP contribution in [-0.2, 0) is 16.6 Å². The molecule has 0 aliphatic heterocycles. The molecule has 3 aromatic rings. The van der Waals surface area contributed by atoms with Gasteiger partial charge in [-0.15, -0.1) is 5.10 Å². The largest absolute Gasteiger partial charge is 0.355 e. The Hall–Kier alpha value is -2.34. The van der Waals surface area contributed by atoms with Crippen LogP contribution in [-0.4, -0.2) is 32.3 Å². The Labute approximate surface area is 183 Å². The SMILES string of the molecule is CCC(Cc1cccc(C)c1)C(=O)NCC(C)c1nc2c(Cl)c(C(C)(C)C)[nH]n2n1. The summed E-state index contributed by atoms with van der Waals surface area (Å²) in [6, 6.07) is 8.34. The highest BCUT2D eigenvalue weighted by Gasteiger charge is 2.25. The standard InChI is InChI=1S/C23H32ClN5O/c1-7-17(12-16-10-8-9-14(2)11-16)22(30)25-13-15(3)20-26-21-18(24)19(23(4,5)6)27-29(21)28-20/h8-11,15,17,27H,7,12-13H2,1-6H3,(H,25,30). The maximum Gasteiger partial charge on any atom is 0.223 e. The van der Waals surface area contributed by atoms with E-state index in [9.17, 15) is 4.79 Å². The summed E-state index contributed by atoms with van der Waals surface area (Å²) in [7, 11) is 0. The van der Waals surface area contributed by atoms with Crippen molar-refractivity contribution in [3.63, 3.8) is 0 Å². The van der Waals surface area contributed by atoms with Crippen molar-refractivity contribution in [3.05, 3.63) is 51.9 Å². The zero-order valence-corrected chi connectivity index (χ0v) is 19.5. The molecule has 2 heterocycles. The average Bonchev–Trinajstić information content (AvgIpc) is 3.23. The molecule has 1 amide bonds. The van der Waals surface area contributed by atoms with Gasteiger partial charge in [-0.05, 0) is 25.3 Å². The number of fused-ring (bicyclic) bond motifs is 1. The molecule has 0 aliphatic rings. The van der Waals surface area contributed by atoms with Gasteiger partial charge in [0.15, 0.2) is 11.5 Å². The Morgan fingerprint density at radius 3 is 2.67 bits per heavy atom. The summed E-state index contributed by atoms with van der Waals surface area (Å²) >= 11 is 6.51. The minimum absolute atomic E-state index is 0.0205. The average molecular weight is 430 g/mol. The molecule has 0 saturated heterocycles. The van der Waals surface area contributed by atoms with Crippen LogP contribution in [0.15, 0.2) is 24.3 Å². The highest BCUT2D eigenvalue weighted by atomic mass is 35.5. The number of rotatable bonds is 7. The second-order valence-electron chi connectivity index (χ2n) is 9.20. The van der Waals surface area contributed by atoms with E-state index in [4.69, 9.17) is 11.6 Å². The second kappa shape index (κ2) is 8.80. The van der Waals surface area contributed by atoms with Gasteiger partial charge in [0.2, 0.25) is 5.91 Å². The molecule has 0 fully saturated rings. The number of amides is 1. The van der Waals surface area contributed by atoms with E-state index in [0.717, 1.165) is 18.5 Å². The van der Waals surface area contributed by atoms with Crippen molar-refractivity contribution in [2.75, 3.05) is 6.54 Å². The molecule has 0 bridgehead atoms. The van der Waals surface area contributed by atoms with E-state index in [1.165, 1.54) is 11.1 Å². The van der Waals surface area contributed by atoms with Crippen LogP contribution in [0, 0.1) is 12.8 Å². The molecule has 2 atom stereocenters. The number of hydrogen-bond donors (Lipinski definition) is 2. The van der Waals surface area contributed by atoms with Crippen molar-refractivity contribution in [2.45, 2.75) is 65.7 Å². The molecule has 7 heteroatoms. The van der Waals surface area contributed by atoms with Crippen LogP contribution in [0.5, 0.6) is 0 Å². The molecular weight excluding hydrogens is 398 g/mol. The minimum atomic E-state index is -0.119. The number of benzene rings is 1. The summed E-state index contributed by atoms with van der Waals surface area (Å²) in [5, 5.41) is 11.5. The Bertz CT molecular complexity index is 1030. The Kier molecular flexibility index (Phi) is 6.56. The number of carbonyl (C=O) groups excluding carboxylic acids is 1. The number of halogens is 1. The van der Waals surface area contributed by atoms with Crippen LogP contribution in [0.4, 0.5) is 0 Å². The number of nitrogens with zero attached hydrogens (tertiary/aromatic N) is 3. The lowest BCUT2D eigenvalue weighted by Gasteiger charge is -2.17. The van der Waals surface area contributed by atoms with Gasteiger partial charge in [0.25, 0.3) is 0 Å². The molecule has 0 radical (unpaired) electrons. The lowest BCUT2D eigenvalue weighted by atomic mass is 9.92. The van der Waals surface area contributed by atoms with Gasteiger partial charge in [-0.1, -0.05) is 76.0 Å². The Balaban J connectivity index is 1.64. The second-order valence-corrected chi connectivity index (χ2v) is 9.58. The topological polar surface area (TPSA) is 75.1 Å². The number of carbonyl (C=O) groups is 1. The van der Waals surface area contributed by atoms with E-state index in [1.54, 1.807) is 4.63 Å². The van der Waals surface area contributed by atoms with E-state index >= 15 is 0 Å². The maximum atomic E-state index is 12.7. The fraction of sp³-hybridized carbons (Fsp3) is 0.522. The van der Waals surface area contributed by atoms with E-state index in [-0.39, 0.29) is 23.2 Å². The third-order valence-electron chi connectivity index (χ3n) is 5.46. The first kappa shape index (κ1) is 22.3. The molecular formula is C23H32ClN5O. The molecule has 6 nitrogen and oxygen atoms in total. The minimum Gasteiger partial charge on any atom is -0.355 e. The van der Waals surface area contributed by atoms with Gasteiger partial charge in [-0.3, -0.25) is 9.89 Å². The number of hydrogen-bond acceptors (Lipinski definition) is 3. The van der Waals surface area contributed by atoms with E-state index in [1.807, 2.05) is 13.0 Å². The van der Waals surface area contributed by atoms with Crippen molar-refractivity contribution < 1.29 is 4.79 Å². The fourth-order valence-electron chi connectivity index (χ4n) is 3.56. The highest BCUT2D eigenvalue weighted by molar-refractivity contribution is 6.34. The maximum absolute atomic E-state index is 12.7. The van der Waals surface area contributed by atoms with Gasteiger partial charge < -0.3 is 5.32 Å². The molecule has 0 saturated carbocycles. The molecule has 2 N–H and O–H groups in total. The normalized spacial score (nSPS) is 14.1. The summed E-state index contributed by atoms with van der Waals surface area (Å²) in [4.78, 5) is 17.4. The van der Waals surface area contributed by atoms with Gasteiger partial charge in [0, 0.05) is 23.8 Å². The van der Waals surface area contributed by atoms with Gasteiger partial charge in [-0.2, -0.15) is 4.63 Å². The summed E-state index contributed by atoms with van der Waals surface area (Å²) in [5.74, 6) is 0.666. The molecule has 162 valence electrons. The van der Waals surface area contributed by atoms with E-state index in [2.05, 4.69) is 73.3 Å². The quantitative estimate of drug-likeness (QED) is 0.566. The van der Waals surface area contributed by atoms with Gasteiger partial charge in [-0.25, -0.2) is 4.98 Å². The summed E-state index contributed by atoms with van der Waals surface area (Å²) < 4.78 is 1.63. The van der Waals surface area contributed by atoms with Crippen molar-refractivity contribution in [1.82, 2.24) is 25.1 Å². The van der Waals surface area contributed by atoms with Crippen molar-refractivity contribution in [3.8, 4) is 0 Å². The van der Waals surface area contributed by atoms with Gasteiger partial charge in [0.05, 0.1) is 5.69 Å². The molecule has 0 aliphatic carbocycles. The third-order valence-corrected chi connectivity index (χ3v) is 5.82. The molecule has 2 aromatic heterocycles. The van der Waals surface area contributed by atoms with Crippen molar-refractivity contribution in [1.29, 1.82) is 0 Å². The zero-order chi connectivity index (χ0) is 22.1. The summed E-state index contributed by atoms with van der Waals surface area (Å²) in [5.41, 5.74) is 3.82. The summed E-state index contributed by atoms with van der Waals surface area (Å²) in [6.45, 7) is 12.9. The van der Waals surface area contributed by atoms with E-state index < -0.39 is 0 Å². The lowest BCUT2D eigenvalue weighted by Crippen LogP contribution is -2.34. The number of aromatic nitrogens is 4. The first-order valence-corrected chi connectivity index (χ1v) is 11.0. The van der Waals surface area contributed by atoms with Crippen LogP contribution < -0.4 is 5.32 Å². The highest BCUT2D eigenvalue weighted by Crippen LogP contribution is 2.31. The molecule has 3 rings (SSSR count). The van der Waals surface area contributed by atoms with Crippen molar-refractivity contribution in [2.24, 2.45) is 5.92 Å². The first-order chi connectivity index (χ1) is 14.1. The predicted molar refractivity (Wildman–Crippen MR) is 121 cm³/mol. The number of aromatic amines is 1. The van der Waals surface area contributed by atoms with Crippen LogP contribution in [0.3, 0.4) is 0 Å².